The molecule has 0 fully saturated rings. The maximum absolute atomic E-state index is 12.2. The number of hydrogen-bond donors (Lipinski definition) is 0. The molecule has 0 radical (unpaired) electrons. The van der Waals surface area contributed by atoms with Crippen LogP contribution in [0.1, 0.15) is 39.9 Å². The molecule has 0 atom stereocenters. The number of rotatable bonds is 4. The number of benzene rings is 2. The lowest BCUT2D eigenvalue weighted by Crippen LogP contribution is -2.10. The van der Waals surface area contributed by atoms with Crippen LogP contribution < -0.4 is 4.74 Å². The van der Waals surface area contributed by atoms with Gasteiger partial charge in [0.25, 0.3) is 0 Å². The zero-order valence-electron chi connectivity index (χ0n) is 13.6. The van der Waals surface area contributed by atoms with Crippen molar-refractivity contribution >= 4 is 15.8 Å². The van der Waals surface area contributed by atoms with Gasteiger partial charge in [-0.2, -0.15) is 0 Å². The zero-order chi connectivity index (χ0) is 17.2. The van der Waals surface area contributed by atoms with Gasteiger partial charge in [0, 0.05) is 6.26 Å². The minimum atomic E-state index is -3.08. The fraction of sp³-hybridized carbons (Fsp3) is 0.316. The summed E-state index contributed by atoms with van der Waals surface area (Å²) in [5, 5.41) is 0. The highest BCUT2D eigenvalue weighted by Crippen LogP contribution is 2.25. The molecule has 0 spiro atoms. The summed E-state index contributed by atoms with van der Waals surface area (Å²) in [6.07, 6.45) is 5.69. The summed E-state index contributed by atoms with van der Waals surface area (Å²) in [5.74, 6) is 0.0881. The number of sulfone groups is 1. The van der Waals surface area contributed by atoms with Crippen LogP contribution in [0.5, 0.6) is 5.75 Å². The van der Waals surface area contributed by atoms with Crippen LogP contribution in [0, 0.1) is 0 Å². The van der Waals surface area contributed by atoms with Crippen molar-refractivity contribution in [2.75, 3.05) is 6.26 Å². The van der Waals surface area contributed by atoms with Gasteiger partial charge < -0.3 is 4.74 Å². The van der Waals surface area contributed by atoms with Crippen molar-refractivity contribution in [1.29, 1.82) is 0 Å². The summed E-state index contributed by atoms with van der Waals surface area (Å²) >= 11 is 0. The Kier molecular flexibility index (Phi) is 4.71. The predicted octanol–water partition coefficient (Wildman–Crippen LogP) is 3.33. The van der Waals surface area contributed by atoms with E-state index in [0.717, 1.165) is 12.8 Å². The first-order chi connectivity index (χ1) is 11.4. The topological polar surface area (TPSA) is 60.4 Å². The van der Waals surface area contributed by atoms with Gasteiger partial charge in [0.05, 0.1) is 11.3 Å². The smallest absolute Gasteiger partial charge is 0.343 e. The molecule has 0 aromatic heterocycles. The highest BCUT2D eigenvalue weighted by Gasteiger charge is 2.13. The van der Waals surface area contributed by atoms with Crippen molar-refractivity contribution < 1.29 is 17.9 Å². The Morgan fingerprint density at radius 3 is 2.33 bits per heavy atom. The fourth-order valence-electron chi connectivity index (χ4n) is 2.98. The number of esters is 1. The Balaban J connectivity index is 1.70. The first-order valence-corrected chi connectivity index (χ1v) is 10.1. The third-order valence-corrected chi connectivity index (χ3v) is 5.01. The molecular formula is C19H20O4S. The second kappa shape index (κ2) is 6.77. The molecule has 4 nitrogen and oxygen atoms in total. The monoisotopic (exact) mass is 344 g/mol. The molecule has 0 aliphatic heterocycles. The van der Waals surface area contributed by atoms with Gasteiger partial charge in [-0.1, -0.05) is 18.2 Å². The van der Waals surface area contributed by atoms with Crippen LogP contribution in [-0.4, -0.2) is 20.6 Å². The predicted molar refractivity (Wildman–Crippen MR) is 93.0 cm³/mol. The molecule has 0 bridgehead atoms. The van der Waals surface area contributed by atoms with E-state index in [9.17, 15) is 13.2 Å². The van der Waals surface area contributed by atoms with Gasteiger partial charge >= 0.3 is 5.97 Å². The van der Waals surface area contributed by atoms with Crippen molar-refractivity contribution in [3.05, 3.63) is 64.7 Å². The number of ether oxygens (including phenoxy) is 1. The summed E-state index contributed by atoms with van der Waals surface area (Å²) < 4.78 is 28.0. The molecule has 0 heterocycles. The van der Waals surface area contributed by atoms with Crippen molar-refractivity contribution in [1.82, 2.24) is 0 Å². The molecule has 126 valence electrons. The molecule has 1 aliphatic carbocycles. The normalized spacial score (nSPS) is 14.0. The third kappa shape index (κ3) is 4.23. The van der Waals surface area contributed by atoms with Gasteiger partial charge in [0.1, 0.15) is 5.75 Å². The lowest BCUT2D eigenvalue weighted by atomic mass is 9.92. The maximum Gasteiger partial charge on any atom is 0.343 e. The summed E-state index contributed by atoms with van der Waals surface area (Å²) in [4.78, 5) is 12.2. The van der Waals surface area contributed by atoms with Crippen LogP contribution in [0.2, 0.25) is 0 Å². The highest BCUT2D eigenvalue weighted by atomic mass is 32.2. The van der Waals surface area contributed by atoms with Crippen molar-refractivity contribution in [2.45, 2.75) is 31.4 Å². The van der Waals surface area contributed by atoms with Crippen LogP contribution in [-0.2, 0) is 28.4 Å². The molecule has 0 saturated heterocycles. The van der Waals surface area contributed by atoms with Gasteiger partial charge in [-0.25, -0.2) is 13.2 Å². The van der Waals surface area contributed by atoms with E-state index in [2.05, 4.69) is 0 Å². The Morgan fingerprint density at radius 2 is 1.67 bits per heavy atom. The minimum Gasteiger partial charge on any atom is -0.423 e. The van der Waals surface area contributed by atoms with Crippen LogP contribution in [0.25, 0.3) is 0 Å². The standard InChI is InChI=1S/C19H20O4S/c1-24(21,22)13-14-6-8-16(9-7-14)19(20)23-18-11-10-15-4-2-3-5-17(15)12-18/h6-12H,2-5,13H2,1H3. The van der Waals surface area contributed by atoms with E-state index >= 15 is 0 Å². The first-order valence-electron chi connectivity index (χ1n) is 8.01. The van der Waals surface area contributed by atoms with Crippen molar-refractivity contribution in [3.8, 4) is 5.75 Å². The first kappa shape index (κ1) is 16.7. The van der Waals surface area contributed by atoms with Crippen LogP contribution >= 0.6 is 0 Å². The molecule has 24 heavy (non-hydrogen) atoms. The molecule has 5 heteroatoms. The summed E-state index contributed by atoms with van der Waals surface area (Å²) in [6.45, 7) is 0. The molecule has 0 amide bonds. The van der Waals surface area contributed by atoms with E-state index in [1.54, 1.807) is 24.3 Å². The number of carbonyl (C=O) groups excluding carboxylic acids is 1. The van der Waals surface area contributed by atoms with E-state index in [0.29, 0.717) is 16.9 Å². The van der Waals surface area contributed by atoms with Crippen LogP contribution in [0.4, 0.5) is 0 Å². The highest BCUT2D eigenvalue weighted by molar-refractivity contribution is 7.89. The zero-order valence-corrected chi connectivity index (χ0v) is 14.4. The minimum absolute atomic E-state index is 0.0346. The van der Waals surface area contributed by atoms with E-state index in [4.69, 9.17) is 4.74 Å². The fourth-order valence-corrected chi connectivity index (χ4v) is 3.78. The summed E-state index contributed by atoms with van der Waals surface area (Å²) in [5.41, 5.74) is 3.66. The van der Waals surface area contributed by atoms with Crippen LogP contribution in [0.3, 0.4) is 0 Å². The Bertz CT molecular complexity index is 851. The quantitative estimate of drug-likeness (QED) is 0.630. The average Bonchev–Trinajstić information content (AvgIpc) is 2.54. The molecule has 0 unspecified atom stereocenters. The number of carbonyl (C=O) groups is 1. The molecule has 0 N–H and O–H groups in total. The van der Waals surface area contributed by atoms with E-state index < -0.39 is 15.8 Å². The molecule has 3 rings (SSSR count). The summed E-state index contributed by atoms with van der Waals surface area (Å²) in [7, 11) is -3.08. The largest absolute Gasteiger partial charge is 0.423 e. The Labute approximate surface area is 142 Å². The van der Waals surface area contributed by atoms with E-state index in [1.165, 1.54) is 30.2 Å². The average molecular weight is 344 g/mol. The number of aryl methyl sites for hydroxylation is 2. The van der Waals surface area contributed by atoms with Gasteiger partial charge in [0.15, 0.2) is 9.84 Å². The van der Waals surface area contributed by atoms with E-state index in [1.807, 2.05) is 18.2 Å². The lowest BCUT2D eigenvalue weighted by molar-refractivity contribution is 0.0734. The Morgan fingerprint density at radius 1 is 1.00 bits per heavy atom. The van der Waals surface area contributed by atoms with Gasteiger partial charge in [-0.15, -0.1) is 0 Å². The maximum atomic E-state index is 12.2. The molecule has 2 aromatic rings. The van der Waals surface area contributed by atoms with Gasteiger partial charge in [0.2, 0.25) is 0 Å². The van der Waals surface area contributed by atoms with E-state index in [-0.39, 0.29) is 5.75 Å². The second-order valence-electron chi connectivity index (χ2n) is 6.29. The third-order valence-electron chi connectivity index (χ3n) is 4.15. The van der Waals surface area contributed by atoms with Gasteiger partial charge in [-0.05, 0) is 66.6 Å². The SMILES string of the molecule is CS(=O)(=O)Cc1ccc(C(=O)Oc2ccc3c(c2)CCCC3)cc1. The summed E-state index contributed by atoms with van der Waals surface area (Å²) in [6, 6.07) is 12.3. The molecular weight excluding hydrogens is 324 g/mol. The molecule has 1 aliphatic rings. The molecule has 0 saturated carbocycles. The van der Waals surface area contributed by atoms with Gasteiger partial charge in [-0.3, -0.25) is 0 Å². The number of fused-ring (bicyclic) bond motifs is 1. The van der Waals surface area contributed by atoms with Crippen molar-refractivity contribution in [3.63, 3.8) is 0 Å². The molecule has 2 aromatic carbocycles. The number of hydrogen-bond acceptors (Lipinski definition) is 4. The second-order valence-corrected chi connectivity index (χ2v) is 8.43. The van der Waals surface area contributed by atoms with Crippen LogP contribution in [0.15, 0.2) is 42.5 Å². The Hall–Kier alpha value is -2.14. The van der Waals surface area contributed by atoms with Crippen molar-refractivity contribution in [2.24, 2.45) is 0 Å². The lowest BCUT2D eigenvalue weighted by Gasteiger charge is -2.16.